The molecule has 1 aromatic rings. The van der Waals surface area contributed by atoms with Crippen molar-refractivity contribution in [1.29, 1.82) is 0 Å². The predicted octanol–water partition coefficient (Wildman–Crippen LogP) is 4.22. The Morgan fingerprint density at radius 3 is 2.37 bits per heavy atom. The van der Waals surface area contributed by atoms with E-state index in [0.29, 0.717) is 13.1 Å². The van der Waals surface area contributed by atoms with Gasteiger partial charge in [-0.05, 0) is 16.5 Å². The normalized spacial score (nSPS) is 20.5. The number of hydrogen-bond acceptors (Lipinski definition) is 1. The molecule has 0 radical (unpaired) electrons. The van der Waals surface area contributed by atoms with E-state index in [1.807, 2.05) is 0 Å². The number of rotatable bonds is 2. The molecule has 1 aromatic carbocycles. The van der Waals surface area contributed by atoms with Gasteiger partial charge in [0.25, 0.3) is 5.92 Å². The second kappa shape index (κ2) is 5.20. The number of benzene rings is 1. The maximum Gasteiger partial charge on any atom is 0.250 e. The molecule has 1 aliphatic heterocycles. The minimum absolute atomic E-state index is 0.00797. The summed E-state index contributed by atoms with van der Waals surface area (Å²) < 4.78 is 26.2. The third kappa shape index (κ3) is 4.00. The molecule has 106 valence electrons. The Morgan fingerprint density at radius 1 is 1.16 bits per heavy atom. The van der Waals surface area contributed by atoms with Crippen LogP contribution in [0.25, 0.3) is 0 Å². The molecule has 1 saturated heterocycles. The van der Waals surface area contributed by atoms with Crippen molar-refractivity contribution in [3.63, 3.8) is 0 Å². The average Bonchev–Trinajstić information content (AvgIpc) is 2.31. The molecule has 3 heteroatoms. The van der Waals surface area contributed by atoms with Gasteiger partial charge in [-0.3, -0.25) is 4.90 Å². The van der Waals surface area contributed by atoms with Crippen molar-refractivity contribution in [2.45, 2.75) is 51.5 Å². The van der Waals surface area contributed by atoms with Gasteiger partial charge in [0, 0.05) is 32.5 Å². The minimum Gasteiger partial charge on any atom is -0.299 e. The van der Waals surface area contributed by atoms with E-state index < -0.39 is 5.92 Å². The lowest BCUT2D eigenvalue weighted by Gasteiger charge is -2.32. The first-order valence-electron chi connectivity index (χ1n) is 6.96. The fourth-order valence-electron chi connectivity index (χ4n) is 2.43. The molecular weight excluding hydrogens is 244 g/mol. The van der Waals surface area contributed by atoms with Crippen LogP contribution in [0.2, 0.25) is 0 Å². The third-order valence-corrected chi connectivity index (χ3v) is 3.79. The van der Waals surface area contributed by atoms with E-state index in [1.54, 1.807) is 0 Å². The maximum absolute atomic E-state index is 13.1. The highest BCUT2D eigenvalue weighted by Gasteiger charge is 2.33. The van der Waals surface area contributed by atoms with Gasteiger partial charge in [-0.1, -0.05) is 45.0 Å². The number of alkyl halides is 2. The molecule has 0 saturated carbocycles. The van der Waals surface area contributed by atoms with Gasteiger partial charge in [0.2, 0.25) is 0 Å². The maximum atomic E-state index is 13.1. The summed E-state index contributed by atoms with van der Waals surface area (Å²) >= 11 is 0. The Kier molecular flexibility index (Phi) is 3.95. The molecule has 0 spiro atoms. The van der Waals surface area contributed by atoms with E-state index in [2.05, 4.69) is 49.9 Å². The van der Waals surface area contributed by atoms with E-state index in [1.165, 1.54) is 11.1 Å². The zero-order chi connectivity index (χ0) is 14.1. The molecule has 19 heavy (non-hydrogen) atoms. The summed E-state index contributed by atoms with van der Waals surface area (Å²) in [6.45, 7) is 8.33. The second-order valence-corrected chi connectivity index (χ2v) is 6.58. The molecule has 0 aromatic heterocycles. The molecular formula is C16H23F2N. The van der Waals surface area contributed by atoms with E-state index in [-0.39, 0.29) is 18.3 Å². The Bertz CT molecular complexity index is 425. The second-order valence-electron chi connectivity index (χ2n) is 6.58. The number of hydrogen-bond donors (Lipinski definition) is 0. The largest absolute Gasteiger partial charge is 0.299 e. The molecule has 0 atom stereocenters. The topological polar surface area (TPSA) is 3.24 Å². The number of nitrogens with zero attached hydrogens (tertiary/aromatic N) is 1. The molecule has 2 rings (SSSR count). The Balaban J connectivity index is 2.00. The fraction of sp³-hybridized carbons (Fsp3) is 0.625. The molecule has 1 fully saturated rings. The lowest BCUT2D eigenvalue weighted by Crippen LogP contribution is -2.38. The van der Waals surface area contributed by atoms with Crippen molar-refractivity contribution >= 4 is 0 Å². The van der Waals surface area contributed by atoms with E-state index in [9.17, 15) is 8.78 Å². The van der Waals surface area contributed by atoms with E-state index in [4.69, 9.17) is 0 Å². The van der Waals surface area contributed by atoms with Crippen molar-refractivity contribution in [3.05, 3.63) is 35.4 Å². The van der Waals surface area contributed by atoms with Gasteiger partial charge < -0.3 is 0 Å². The van der Waals surface area contributed by atoms with Crippen LogP contribution in [0.1, 0.15) is 44.7 Å². The summed E-state index contributed by atoms with van der Waals surface area (Å²) in [5.41, 5.74) is 2.65. The van der Waals surface area contributed by atoms with Crippen LogP contribution in [-0.2, 0) is 12.0 Å². The molecule has 0 unspecified atom stereocenters. The van der Waals surface area contributed by atoms with Gasteiger partial charge in [-0.25, -0.2) is 8.78 Å². The van der Waals surface area contributed by atoms with Crippen LogP contribution in [0, 0.1) is 0 Å². The Labute approximate surface area is 114 Å². The predicted molar refractivity (Wildman–Crippen MR) is 74.6 cm³/mol. The van der Waals surface area contributed by atoms with Gasteiger partial charge in [-0.2, -0.15) is 0 Å². The highest BCUT2D eigenvalue weighted by molar-refractivity contribution is 5.28. The standard InChI is InChI=1S/C16H23F2N/c1-15(2,3)14-6-4-5-13(11-14)12-19-9-7-16(17,18)8-10-19/h4-6,11H,7-10,12H2,1-3H3. The summed E-state index contributed by atoms with van der Waals surface area (Å²) in [7, 11) is 0. The zero-order valence-electron chi connectivity index (χ0n) is 12.0. The van der Waals surface area contributed by atoms with Gasteiger partial charge in [0.1, 0.15) is 0 Å². The molecule has 1 nitrogen and oxygen atoms in total. The lowest BCUT2D eigenvalue weighted by molar-refractivity contribution is -0.0566. The molecule has 0 amide bonds. The van der Waals surface area contributed by atoms with Crippen molar-refractivity contribution in [1.82, 2.24) is 4.90 Å². The van der Waals surface area contributed by atoms with Crippen molar-refractivity contribution in [3.8, 4) is 0 Å². The van der Waals surface area contributed by atoms with Crippen molar-refractivity contribution < 1.29 is 8.78 Å². The third-order valence-electron chi connectivity index (χ3n) is 3.79. The van der Waals surface area contributed by atoms with Crippen LogP contribution in [0.4, 0.5) is 8.78 Å². The van der Waals surface area contributed by atoms with E-state index in [0.717, 1.165) is 6.54 Å². The zero-order valence-corrected chi connectivity index (χ0v) is 12.0. The summed E-state index contributed by atoms with van der Waals surface area (Å²) in [6.07, 6.45) is -0.0159. The molecule has 1 heterocycles. The average molecular weight is 267 g/mol. The fourth-order valence-corrected chi connectivity index (χ4v) is 2.43. The lowest BCUT2D eigenvalue weighted by atomic mass is 9.86. The summed E-state index contributed by atoms with van der Waals surface area (Å²) in [5.74, 6) is -2.45. The SMILES string of the molecule is CC(C)(C)c1cccc(CN2CCC(F)(F)CC2)c1. The van der Waals surface area contributed by atoms with Gasteiger partial charge in [-0.15, -0.1) is 0 Å². The monoisotopic (exact) mass is 267 g/mol. The molecule has 0 aliphatic carbocycles. The van der Waals surface area contributed by atoms with Crippen LogP contribution >= 0.6 is 0 Å². The summed E-state index contributed by atoms with van der Waals surface area (Å²) in [6, 6.07) is 8.48. The first kappa shape index (κ1) is 14.4. The van der Waals surface area contributed by atoms with Gasteiger partial charge in [0.05, 0.1) is 0 Å². The van der Waals surface area contributed by atoms with Gasteiger partial charge in [0.15, 0.2) is 0 Å². The van der Waals surface area contributed by atoms with Gasteiger partial charge >= 0.3 is 0 Å². The number of piperidine rings is 1. The smallest absolute Gasteiger partial charge is 0.250 e. The van der Waals surface area contributed by atoms with E-state index >= 15 is 0 Å². The Hall–Kier alpha value is -0.960. The van der Waals surface area contributed by atoms with Crippen molar-refractivity contribution in [2.75, 3.05) is 13.1 Å². The number of likely N-dealkylation sites (tertiary alicyclic amines) is 1. The first-order valence-corrected chi connectivity index (χ1v) is 6.96. The molecule has 0 bridgehead atoms. The van der Waals surface area contributed by atoms with Crippen LogP contribution < -0.4 is 0 Å². The minimum atomic E-state index is -2.45. The summed E-state index contributed by atoms with van der Waals surface area (Å²) in [4.78, 5) is 2.12. The van der Waals surface area contributed by atoms with Crippen LogP contribution in [0.15, 0.2) is 24.3 Å². The van der Waals surface area contributed by atoms with Crippen LogP contribution in [0.5, 0.6) is 0 Å². The molecule has 0 N–H and O–H groups in total. The number of halogens is 2. The highest BCUT2D eigenvalue weighted by Crippen LogP contribution is 2.29. The highest BCUT2D eigenvalue weighted by atomic mass is 19.3. The first-order chi connectivity index (χ1) is 8.76. The van der Waals surface area contributed by atoms with Crippen LogP contribution in [0.3, 0.4) is 0 Å². The Morgan fingerprint density at radius 2 is 1.79 bits per heavy atom. The summed E-state index contributed by atoms with van der Waals surface area (Å²) in [5, 5.41) is 0. The quantitative estimate of drug-likeness (QED) is 0.775. The van der Waals surface area contributed by atoms with Crippen LogP contribution in [-0.4, -0.2) is 23.9 Å². The van der Waals surface area contributed by atoms with Crippen molar-refractivity contribution in [2.24, 2.45) is 0 Å². The molecule has 1 aliphatic rings.